The normalized spacial score (nSPS) is 11.6. The highest BCUT2D eigenvalue weighted by atomic mass is 35.5. The molecule has 0 amide bonds. The van der Waals surface area contributed by atoms with Gasteiger partial charge in [0.1, 0.15) is 5.75 Å². The number of methoxy groups -OCH3 is 1. The van der Waals surface area contributed by atoms with Gasteiger partial charge in [0, 0.05) is 30.0 Å². The van der Waals surface area contributed by atoms with Gasteiger partial charge in [-0.25, -0.2) is 9.78 Å². The van der Waals surface area contributed by atoms with Crippen LogP contribution in [0.2, 0.25) is 5.02 Å². The lowest BCUT2D eigenvalue weighted by molar-refractivity contribution is -0.145. The van der Waals surface area contributed by atoms with Gasteiger partial charge in [-0.2, -0.15) is 0 Å². The zero-order valence-corrected chi connectivity index (χ0v) is 20.4. The summed E-state index contributed by atoms with van der Waals surface area (Å²) in [5, 5.41) is 0.571. The fourth-order valence-corrected chi connectivity index (χ4v) is 3.78. The van der Waals surface area contributed by atoms with E-state index in [2.05, 4.69) is 9.97 Å². The third kappa shape index (κ3) is 5.69. The highest BCUT2D eigenvalue weighted by Gasteiger charge is 2.19. The van der Waals surface area contributed by atoms with Crippen LogP contribution in [0.3, 0.4) is 0 Å². The molecule has 36 heavy (non-hydrogen) atoms. The number of esters is 1. The van der Waals surface area contributed by atoms with Crippen LogP contribution in [0, 0.1) is 5.92 Å². The molecule has 0 saturated heterocycles. The Labute approximate surface area is 211 Å². The van der Waals surface area contributed by atoms with E-state index in [1.165, 1.54) is 30.1 Å². The molecule has 0 radical (unpaired) electrons. The molecule has 0 N–H and O–H groups in total. The number of benzene rings is 2. The van der Waals surface area contributed by atoms with Gasteiger partial charge in [-0.3, -0.25) is 23.7 Å². The number of halogens is 1. The van der Waals surface area contributed by atoms with Crippen LogP contribution in [0.1, 0.15) is 12.5 Å². The molecule has 0 spiro atoms. The van der Waals surface area contributed by atoms with Gasteiger partial charge in [0.05, 0.1) is 31.5 Å². The predicted octanol–water partition coefficient (Wildman–Crippen LogP) is 3.77. The van der Waals surface area contributed by atoms with Crippen molar-refractivity contribution >= 4 is 17.6 Å². The Balaban J connectivity index is 1.75. The summed E-state index contributed by atoms with van der Waals surface area (Å²) in [6.07, 6.45) is 4.56. The Morgan fingerprint density at radius 2 is 1.75 bits per heavy atom. The molecule has 184 valence electrons. The molecule has 0 aliphatic carbocycles. The number of aromatic nitrogens is 4. The smallest absolute Gasteiger partial charge is 0.331 e. The van der Waals surface area contributed by atoms with E-state index in [1.54, 1.807) is 49.5 Å². The number of nitrogens with zero attached hydrogens (tertiary/aromatic N) is 4. The first-order chi connectivity index (χ1) is 17.4. The van der Waals surface area contributed by atoms with Gasteiger partial charge in [-0.1, -0.05) is 30.7 Å². The molecule has 2 aromatic heterocycles. The van der Waals surface area contributed by atoms with Gasteiger partial charge in [-0.15, -0.1) is 0 Å². The molecule has 0 aliphatic heterocycles. The molecule has 2 aromatic carbocycles. The second-order valence-corrected chi connectivity index (χ2v) is 8.50. The molecule has 10 heteroatoms. The average molecular weight is 507 g/mol. The first-order valence-electron chi connectivity index (χ1n) is 11.1. The number of carbonyl (C=O) groups excluding carboxylic acids is 1. The van der Waals surface area contributed by atoms with Gasteiger partial charge in [0.2, 0.25) is 5.88 Å². The van der Waals surface area contributed by atoms with Crippen LogP contribution in [0.15, 0.2) is 82.8 Å². The molecular weight excluding hydrogens is 484 g/mol. The fraction of sp³-hybridized carbons (Fsp3) is 0.192. The lowest BCUT2D eigenvalue weighted by atomic mass is 10.1. The molecule has 0 bridgehead atoms. The van der Waals surface area contributed by atoms with E-state index in [9.17, 15) is 14.4 Å². The van der Waals surface area contributed by atoms with Crippen LogP contribution in [-0.2, 0) is 22.6 Å². The third-order valence-electron chi connectivity index (χ3n) is 5.50. The van der Waals surface area contributed by atoms with Crippen molar-refractivity contribution in [1.29, 1.82) is 0 Å². The first kappa shape index (κ1) is 24.9. The quantitative estimate of drug-likeness (QED) is 0.335. The Bertz CT molecular complexity index is 1470. The monoisotopic (exact) mass is 506 g/mol. The highest BCUT2D eigenvalue weighted by molar-refractivity contribution is 6.30. The minimum Gasteiger partial charge on any atom is -0.469 e. The van der Waals surface area contributed by atoms with Crippen LogP contribution in [0.4, 0.5) is 0 Å². The Hall–Kier alpha value is -4.24. The van der Waals surface area contributed by atoms with E-state index in [-0.39, 0.29) is 13.1 Å². The second-order valence-electron chi connectivity index (χ2n) is 8.07. The van der Waals surface area contributed by atoms with E-state index < -0.39 is 23.1 Å². The van der Waals surface area contributed by atoms with Crippen LogP contribution in [-0.4, -0.2) is 32.2 Å². The second kappa shape index (κ2) is 11.0. The molecule has 4 rings (SSSR count). The summed E-state index contributed by atoms with van der Waals surface area (Å²) in [4.78, 5) is 46.5. The van der Waals surface area contributed by atoms with Crippen molar-refractivity contribution in [2.24, 2.45) is 5.92 Å². The van der Waals surface area contributed by atoms with Crippen molar-refractivity contribution in [2.45, 2.75) is 20.0 Å². The van der Waals surface area contributed by atoms with Crippen molar-refractivity contribution in [3.05, 3.63) is 105 Å². The van der Waals surface area contributed by atoms with Crippen molar-refractivity contribution in [2.75, 3.05) is 7.11 Å². The summed E-state index contributed by atoms with van der Waals surface area (Å²) in [6, 6.07) is 15.4. The maximum Gasteiger partial charge on any atom is 0.331 e. The van der Waals surface area contributed by atoms with Gasteiger partial charge < -0.3 is 9.47 Å². The molecule has 9 nitrogen and oxygen atoms in total. The zero-order valence-electron chi connectivity index (χ0n) is 19.6. The summed E-state index contributed by atoms with van der Waals surface area (Å²) < 4.78 is 13.0. The fourth-order valence-electron chi connectivity index (χ4n) is 3.65. The minimum absolute atomic E-state index is 0.101. The Morgan fingerprint density at radius 1 is 1.03 bits per heavy atom. The van der Waals surface area contributed by atoms with Crippen LogP contribution < -0.4 is 16.0 Å². The highest BCUT2D eigenvalue weighted by Crippen LogP contribution is 2.24. The maximum atomic E-state index is 13.5. The first-order valence-corrected chi connectivity index (χ1v) is 11.4. The SMILES string of the molecule is COC(=O)C(C)Cn1c(=O)cc(-c2ccc(Oc3cnccn3)cc2)n(Cc2ccc(Cl)cc2)c1=O. The average Bonchev–Trinajstić information content (AvgIpc) is 2.89. The number of hydrogen-bond donors (Lipinski definition) is 0. The van der Waals surface area contributed by atoms with E-state index in [0.29, 0.717) is 27.9 Å². The van der Waals surface area contributed by atoms with E-state index in [0.717, 1.165) is 10.1 Å². The topological polar surface area (TPSA) is 105 Å². The zero-order chi connectivity index (χ0) is 25.7. The van der Waals surface area contributed by atoms with Crippen LogP contribution >= 0.6 is 11.6 Å². The number of rotatable bonds is 8. The molecule has 0 aliphatic rings. The lowest BCUT2D eigenvalue weighted by Crippen LogP contribution is -2.42. The molecule has 1 unspecified atom stereocenters. The summed E-state index contributed by atoms with van der Waals surface area (Å²) in [6.45, 7) is 1.69. The lowest BCUT2D eigenvalue weighted by Gasteiger charge is -2.17. The third-order valence-corrected chi connectivity index (χ3v) is 5.76. The summed E-state index contributed by atoms with van der Waals surface area (Å²) >= 11 is 6.01. The standard InChI is InChI=1S/C26H23ClN4O5/c1-17(25(33)35-2)15-31-24(32)13-22(30(26(31)34)16-18-3-7-20(27)8-4-18)19-5-9-21(10-6-19)36-23-14-28-11-12-29-23/h3-14,17H,15-16H2,1-2H3. The largest absolute Gasteiger partial charge is 0.469 e. The van der Waals surface area contributed by atoms with Crippen LogP contribution in [0.25, 0.3) is 11.3 Å². The number of hydrogen-bond acceptors (Lipinski definition) is 7. The van der Waals surface area contributed by atoms with Gasteiger partial charge in [0.15, 0.2) is 0 Å². The summed E-state index contributed by atoms with van der Waals surface area (Å²) in [5.74, 6) is -0.320. The molecule has 0 saturated carbocycles. The molecule has 4 aromatic rings. The van der Waals surface area contributed by atoms with Crippen molar-refractivity contribution < 1.29 is 14.3 Å². The number of carbonyl (C=O) groups is 1. The van der Waals surface area contributed by atoms with E-state index in [4.69, 9.17) is 21.1 Å². The summed E-state index contributed by atoms with van der Waals surface area (Å²) in [5.41, 5.74) is 0.823. The molecule has 2 heterocycles. The maximum absolute atomic E-state index is 13.5. The van der Waals surface area contributed by atoms with E-state index >= 15 is 0 Å². The predicted molar refractivity (Wildman–Crippen MR) is 134 cm³/mol. The minimum atomic E-state index is -0.673. The molecular formula is C26H23ClN4O5. The molecule has 0 fully saturated rings. The summed E-state index contributed by atoms with van der Waals surface area (Å²) in [7, 11) is 1.27. The van der Waals surface area contributed by atoms with Crippen molar-refractivity contribution in [3.63, 3.8) is 0 Å². The Kier molecular flexibility index (Phi) is 7.60. The van der Waals surface area contributed by atoms with E-state index in [1.807, 2.05) is 12.1 Å². The number of ether oxygens (including phenoxy) is 2. The Morgan fingerprint density at radius 3 is 2.39 bits per heavy atom. The molecule has 1 atom stereocenters. The van der Waals surface area contributed by atoms with Gasteiger partial charge >= 0.3 is 11.7 Å². The van der Waals surface area contributed by atoms with Crippen molar-refractivity contribution in [1.82, 2.24) is 19.1 Å². The van der Waals surface area contributed by atoms with Gasteiger partial charge in [-0.05, 0) is 47.5 Å². The van der Waals surface area contributed by atoms with Crippen molar-refractivity contribution in [3.8, 4) is 22.9 Å². The van der Waals surface area contributed by atoms with Crippen LogP contribution in [0.5, 0.6) is 11.6 Å². The van der Waals surface area contributed by atoms with Gasteiger partial charge in [0.25, 0.3) is 5.56 Å².